The second kappa shape index (κ2) is 9.38. The predicted molar refractivity (Wildman–Crippen MR) is 119 cm³/mol. The molecule has 8 nitrogen and oxygen atoms in total. The quantitative estimate of drug-likeness (QED) is 0.715. The van der Waals surface area contributed by atoms with Gasteiger partial charge < -0.3 is 20.0 Å². The number of hydrogen-bond acceptors (Lipinski definition) is 6. The lowest BCUT2D eigenvalue weighted by Crippen LogP contribution is -2.26. The van der Waals surface area contributed by atoms with Crippen LogP contribution in [0.4, 0.5) is 5.69 Å². The van der Waals surface area contributed by atoms with Crippen LogP contribution in [0.15, 0.2) is 52.1 Å². The second-order valence-electron chi connectivity index (χ2n) is 7.57. The third kappa shape index (κ3) is 5.16. The van der Waals surface area contributed by atoms with Gasteiger partial charge in [0, 0.05) is 30.8 Å². The Morgan fingerprint density at radius 3 is 2.65 bits per heavy atom. The summed E-state index contributed by atoms with van der Waals surface area (Å²) in [6, 6.07) is 9.94. The number of rotatable bonds is 6. The highest BCUT2D eigenvalue weighted by Gasteiger charge is 2.33. The van der Waals surface area contributed by atoms with Crippen molar-refractivity contribution in [3.05, 3.63) is 54.0 Å². The Hall–Kier alpha value is -3.07. The molecule has 2 unspecified atom stereocenters. The van der Waals surface area contributed by atoms with Gasteiger partial charge in [-0.2, -0.15) is 4.99 Å². The molecule has 2 N–H and O–H groups in total. The number of likely N-dealkylation sites (tertiary alicyclic amines) is 1. The highest BCUT2D eigenvalue weighted by molar-refractivity contribution is 8.15. The molecule has 3 heterocycles. The van der Waals surface area contributed by atoms with Crippen LogP contribution >= 0.6 is 11.8 Å². The van der Waals surface area contributed by atoms with Crippen molar-refractivity contribution in [1.29, 1.82) is 0 Å². The van der Waals surface area contributed by atoms with Crippen LogP contribution < -0.4 is 10.6 Å². The van der Waals surface area contributed by atoms with Gasteiger partial charge in [0.25, 0.3) is 11.8 Å². The second-order valence-corrected chi connectivity index (χ2v) is 8.74. The lowest BCUT2D eigenvalue weighted by atomic mass is 10.1. The summed E-state index contributed by atoms with van der Waals surface area (Å²) >= 11 is 1.37. The van der Waals surface area contributed by atoms with Crippen LogP contribution in [0.1, 0.15) is 48.3 Å². The van der Waals surface area contributed by atoms with E-state index in [1.165, 1.54) is 11.8 Å². The zero-order valence-corrected chi connectivity index (χ0v) is 18.0. The number of carbonyl (C=O) groups excluding carboxylic acids is 3. The number of amidine groups is 1. The first kappa shape index (κ1) is 21.2. The Balaban J connectivity index is 1.27. The van der Waals surface area contributed by atoms with Gasteiger partial charge in [0.15, 0.2) is 5.17 Å². The van der Waals surface area contributed by atoms with Gasteiger partial charge in [0.2, 0.25) is 5.91 Å². The number of amides is 3. The first-order valence-electron chi connectivity index (χ1n) is 10.3. The van der Waals surface area contributed by atoms with Crippen molar-refractivity contribution in [1.82, 2.24) is 10.2 Å². The van der Waals surface area contributed by atoms with E-state index in [0.717, 1.165) is 31.1 Å². The van der Waals surface area contributed by atoms with Crippen molar-refractivity contribution in [3.63, 3.8) is 0 Å². The van der Waals surface area contributed by atoms with Gasteiger partial charge in [-0.15, -0.1) is 0 Å². The molecule has 2 aromatic rings. The first-order chi connectivity index (χ1) is 15.0. The molecule has 0 spiro atoms. The van der Waals surface area contributed by atoms with E-state index in [9.17, 15) is 14.4 Å². The number of furan rings is 1. The number of hydrogen-bond donors (Lipinski definition) is 2. The van der Waals surface area contributed by atoms with Gasteiger partial charge in [0.05, 0.1) is 12.3 Å². The zero-order valence-electron chi connectivity index (χ0n) is 17.2. The normalized spacial score (nSPS) is 19.3. The summed E-state index contributed by atoms with van der Waals surface area (Å²) in [7, 11) is 0. The average Bonchev–Trinajstić information content (AvgIpc) is 3.51. The summed E-state index contributed by atoms with van der Waals surface area (Å²) in [5.74, 6) is -0.0677. The van der Waals surface area contributed by atoms with Crippen molar-refractivity contribution in [3.8, 4) is 0 Å². The fourth-order valence-corrected chi connectivity index (χ4v) is 4.64. The van der Waals surface area contributed by atoms with Crippen LogP contribution in [0.25, 0.3) is 0 Å². The summed E-state index contributed by atoms with van der Waals surface area (Å²) in [6.07, 6.45) is 3.84. The molecule has 1 saturated heterocycles. The van der Waals surface area contributed by atoms with E-state index in [1.807, 2.05) is 6.92 Å². The van der Waals surface area contributed by atoms with E-state index in [4.69, 9.17) is 4.42 Å². The van der Waals surface area contributed by atoms with Crippen LogP contribution in [-0.4, -0.2) is 46.1 Å². The Kier molecular flexibility index (Phi) is 6.41. The summed E-state index contributed by atoms with van der Waals surface area (Å²) in [5, 5.41) is 5.90. The van der Waals surface area contributed by atoms with Gasteiger partial charge in [-0.3, -0.25) is 14.4 Å². The van der Waals surface area contributed by atoms with E-state index in [1.54, 1.807) is 42.7 Å². The molecule has 2 aliphatic heterocycles. The molecule has 0 saturated carbocycles. The predicted octanol–water partition coefficient (Wildman–Crippen LogP) is 3.19. The lowest BCUT2D eigenvalue weighted by molar-refractivity contribution is -0.121. The minimum atomic E-state index is -0.483. The van der Waals surface area contributed by atoms with Crippen LogP contribution in [0.5, 0.6) is 0 Å². The minimum Gasteiger partial charge on any atom is -0.467 e. The van der Waals surface area contributed by atoms with E-state index < -0.39 is 5.25 Å². The molecule has 1 aromatic carbocycles. The topological polar surface area (TPSA) is 104 Å². The van der Waals surface area contributed by atoms with Gasteiger partial charge in [-0.05, 0) is 56.2 Å². The lowest BCUT2D eigenvalue weighted by Gasteiger charge is -2.16. The highest BCUT2D eigenvalue weighted by Crippen LogP contribution is 2.29. The van der Waals surface area contributed by atoms with Gasteiger partial charge >= 0.3 is 0 Å². The Morgan fingerprint density at radius 2 is 1.97 bits per heavy atom. The van der Waals surface area contributed by atoms with Crippen LogP contribution in [0, 0.1) is 0 Å². The van der Waals surface area contributed by atoms with Crippen LogP contribution in [-0.2, 0) is 9.59 Å². The number of thioether (sulfide) groups is 1. The third-order valence-corrected chi connectivity index (χ3v) is 6.44. The number of nitrogens with one attached hydrogen (secondary N) is 2. The number of carbonyl (C=O) groups is 3. The summed E-state index contributed by atoms with van der Waals surface area (Å²) in [5.41, 5.74) is 1.04. The molecule has 2 aliphatic rings. The summed E-state index contributed by atoms with van der Waals surface area (Å²) < 4.78 is 5.29. The number of aliphatic imine (C=N–C) groups is 1. The maximum Gasteiger partial charge on any atom is 0.262 e. The monoisotopic (exact) mass is 440 g/mol. The van der Waals surface area contributed by atoms with Gasteiger partial charge in [-0.25, -0.2) is 0 Å². The maximum absolute atomic E-state index is 12.4. The van der Waals surface area contributed by atoms with Crippen molar-refractivity contribution in [2.45, 2.75) is 37.5 Å². The molecule has 0 bridgehead atoms. The molecule has 0 radical (unpaired) electrons. The highest BCUT2D eigenvalue weighted by atomic mass is 32.2. The summed E-state index contributed by atoms with van der Waals surface area (Å²) in [6.45, 7) is 3.67. The molecular formula is C22H24N4O4S. The van der Waals surface area contributed by atoms with Crippen LogP contribution in [0.2, 0.25) is 0 Å². The van der Waals surface area contributed by atoms with E-state index in [2.05, 4.69) is 20.5 Å². The molecule has 3 amide bonds. The minimum absolute atomic E-state index is 0.0627. The molecule has 2 atom stereocenters. The molecule has 9 heteroatoms. The Labute approximate surface area is 184 Å². The Morgan fingerprint density at radius 1 is 1.23 bits per heavy atom. The van der Waals surface area contributed by atoms with Gasteiger partial charge in [0.1, 0.15) is 11.0 Å². The molecular weight excluding hydrogens is 416 g/mol. The summed E-state index contributed by atoms with van der Waals surface area (Å²) in [4.78, 5) is 43.2. The number of benzene rings is 1. The van der Waals surface area contributed by atoms with E-state index in [-0.39, 0.29) is 30.2 Å². The largest absolute Gasteiger partial charge is 0.467 e. The third-order valence-electron chi connectivity index (χ3n) is 5.22. The molecule has 31 heavy (non-hydrogen) atoms. The fraction of sp³-hybridized carbons (Fsp3) is 0.364. The smallest absolute Gasteiger partial charge is 0.262 e. The zero-order chi connectivity index (χ0) is 21.8. The maximum atomic E-state index is 12.4. The van der Waals surface area contributed by atoms with Crippen molar-refractivity contribution in [2.75, 3.05) is 18.4 Å². The standard InChI is InChI=1S/C22H24N4O4S/c1-14(17-5-4-12-30-17)23-20(28)15-6-8-16(9-7-15)24-19(27)13-18-21(29)25-22(31-18)26-10-2-3-11-26/h4-9,12,14,18H,2-3,10-11,13H2,1H3,(H,23,28)(H,24,27). The Bertz CT molecular complexity index is 981. The number of anilines is 1. The van der Waals surface area contributed by atoms with E-state index >= 15 is 0 Å². The number of nitrogens with zero attached hydrogens (tertiary/aromatic N) is 2. The average molecular weight is 441 g/mol. The molecule has 4 rings (SSSR count). The fourth-order valence-electron chi connectivity index (χ4n) is 3.53. The first-order valence-corrected chi connectivity index (χ1v) is 11.2. The molecule has 1 aromatic heterocycles. The van der Waals surface area contributed by atoms with Crippen molar-refractivity contribution >= 4 is 40.3 Å². The molecule has 0 aliphatic carbocycles. The van der Waals surface area contributed by atoms with Crippen LogP contribution in [0.3, 0.4) is 0 Å². The van der Waals surface area contributed by atoms with E-state index in [0.29, 0.717) is 17.0 Å². The van der Waals surface area contributed by atoms with Crippen molar-refractivity contribution < 1.29 is 18.8 Å². The molecule has 1 fully saturated rings. The van der Waals surface area contributed by atoms with Gasteiger partial charge in [-0.1, -0.05) is 11.8 Å². The van der Waals surface area contributed by atoms with Crippen molar-refractivity contribution in [2.24, 2.45) is 4.99 Å². The SMILES string of the molecule is CC(NC(=O)c1ccc(NC(=O)CC2SC(N3CCCC3)=NC2=O)cc1)c1ccco1. The molecule has 162 valence electrons.